The average Bonchev–Trinajstić information content (AvgIpc) is 2.38. The zero-order valence-electron chi connectivity index (χ0n) is 11.8. The zero-order valence-corrected chi connectivity index (χ0v) is 11.8. The van der Waals surface area contributed by atoms with Crippen molar-refractivity contribution in [1.82, 2.24) is 4.98 Å². The summed E-state index contributed by atoms with van der Waals surface area (Å²) in [5.74, 6) is 0.281. The van der Waals surface area contributed by atoms with Gasteiger partial charge in [0.25, 0.3) is 0 Å². The van der Waals surface area contributed by atoms with Gasteiger partial charge in [-0.2, -0.15) is 0 Å². The molecular weight excluding hydrogens is 253 g/mol. The second-order valence-corrected chi connectivity index (χ2v) is 5.29. The molecule has 2 nitrogen and oxygen atoms in total. The number of aryl methyl sites for hydroxylation is 1. The molecule has 0 radical (unpaired) electrons. The first kappa shape index (κ1) is 12.9. The van der Waals surface area contributed by atoms with E-state index in [2.05, 4.69) is 11.1 Å². The third-order valence-corrected chi connectivity index (χ3v) is 3.22. The minimum Gasteiger partial charge on any atom is -0.474 e. The van der Waals surface area contributed by atoms with Gasteiger partial charge in [-0.25, -0.2) is 9.37 Å². The van der Waals surface area contributed by atoms with E-state index >= 15 is 0 Å². The summed E-state index contributed by atoms with van der Waals surface area (Å²) >= 11 is 0. The maximum absolute atomic E-state index is 13.4. The number of aromatic nitrogens is 1. The molecular formula is C17H16FNO. The topological polar surface area (TPSA) is 22.1 Å². The van der Waals surface area contributed by atoms with E-state index in [4.69, 9.17) is 4.74 Å². The molecule has 102 valence electrons. The molecule has 0 aliphatic rings. The second-order valence-electron chi connectivity index (χ2n) is 5.29. The fraction of sp³-hybridized carbons (Fsp3) is 0.235. The fourth-order valence-electron chi connectivity index (χ4n) is 2.38. The molecule has 0 N–H and O–H groups in total. The van der Waals surface area contributed by atoms with Crippen LogP contribution in [0.25, 0.3) is 21.7 Å². The summed E-state index contributed by atoms with van der Waals surface area (Å²) in [7, 11) is 0. The van der Waals surface area contributed by atoms with Gasteiger partial charge in [-0.15, -0.1) is 0 Å². The molecule has 0 fully saturated rings. The highest BCUT2D eigenvalue weighted by Gasteiger charge is 2.11. The summed E-state index contributed by atoms with van der Waals surface area (Å²) in [5.41, 5.74) is 1.77. The molecule has 20 heavy (non-hydrogen) atoms. The standard InChI is InChI=1S/C17H16FNO/c1-10(2)20-17-15-8-11(3)4-6-13(15)14-7-5-12(18)9-16(14)19-17/h4-10H,1-3H3. The van der Waals surface area contributed by atoms with Crippen LogP contribution in [0.3, 0.4) is 0 Å². The van der Waals surface area contributed by atoms with Gasteiger partial charge in [-0.3, -0.25) is 0 Å². The molecule has 0 saturated carbocycles. The summed E-state index contributed by atoms with van der Waals surface area (Å²) in [5, 5.41) is 2.95. The molecule has 1 heterocycles. The second kappa shape index (κ2) is 4.75. The van der Waals surface area contributed by atoms with E-state index in [1.54, 1.807) is 6.07 Å². The summed E-state index contributed by atoms with van der Waals surface area (Å²) in [4.78, 5) is 4.48. The van der Waals surface area contributed by atoms with Gasteiger partial charge in [0.15, 0.2) is 0 Å². The van der Waals surface area contributed by atoms with Gasteiger partial charge in [-0.05, 0) is 44.4 Å². The smallest absolute Gasteiger partial charge is 0.222 e. The van der Waals surface area contributed by atoms with Gasteiger partial charge in [0.05, 0.1) is 11.6 Å². The van der Waals surface area contributed by atoms with Crippen molar-refractivity contribution in [3.05, 3.63) is 47.8 Å². The SMILES string of the molecule is Cc1ccc2c(c1)c(OC(C)C)nc1cc(F)ccc12. The Hall–Kier alpha value is -2.16. The van der Waals surface area contributed by atoms with E-state index in [1.807, 2.05) is 32.9 Å². The number of fused-ring (bicyclic) bond motifs is 3. The number of benzene rings is 2. The van der Waals surface area contributed by atoms with Crippen molar-refractivity contribution in [2.45, 2.75) is 26.9 Å². The van der Waals surface area contributed by atoms with E-state index in [0.717, 1.165) is 21.7 Å². The lowest BCUT2D eigenvalue weighted by molar-refractivity contribution is 0.237. The van der Waals surface area contributed by atoms with Crippen LogP contribution in [0.4, 0.5) is 4.39 Å². The number of pyridine rings is 1. The van der Waals surface area contributed by atoms with Crippen LogP contribution in [0.2, 0.25) is 0 Å². The molecule has 0 amide bonds. The van der Waals surface area contributed by atoms with E-state index in [0.29, 0.717) is 11.4 Å². The quantitative estimate of drug-likeness (QED) is 0.633. The minimum absolute atomic E-state index is 0.0252. The molecule has 0 atom stereocenters. The molecule has 1 aromatic heterocycles. The Labute approximate surface area is 117 Å². The first-order chi connectivity index (χ1) is 9.54. The van der Waals surface area contributed by atoms with Crippen LogP contribution < -0.4 is 4.74 Å². The molecule has 3 aromatic rings. The van der Waals surface area contributed by atoms with E-state index in [9.17, 15) is 4.39 Å². The van der Waals surface area contributed by atoms with Crippen molar-refractivity contribution in [2.75, 3.05) is 0 Å². The van der Waals surface area contributed by atoms with Crippen LogP contribution in [-0.2, 0) is 0 Å². The van der Waals surface area contributed by atoms with Gasteiger partial charge in [0, 0.05) is 16.8 Å². The molecule has 0 aliphatic carbocycles. The average molecular weight is 269 g/mol. The van der Waals surface area contributed by atoms with Crippen LogP contribution in [-0.4, -0.2) is 11.1 Å². The van der Waals surface area contributed by atoms with Gasteiger partial charge in [0.2, 0.25) is 5.88 Å². The van der Waals surface area contributed by atoms with Crippen LogP contribution in [0.1, 0.15) is 19.4 Å². The van der Waals surface area contributed by atoms with Gasteiger partial charge in [0.1, 0.15) is 5.82 Å². The maximum atomic E-state index is 13.4. The van der Waals surface area contributed by atoms with Crippen LogP contribution in [0.15, 0.2) is 36.4 Å². The van der Waals surface area contributed by atoms with Crippen molar-refractivity contribution in [1.29, 1.82) is 0 Å². The third-order valence-electron chi connectivity index (χ3n) is 3.22. The Kier molecular flexibility index (Phi) is 3.05. The first-order valence-electron chi connectivity index (χ1n) is 6.71. The highest BCUT2D eigenvalue weighted by atomic mass is 19.1. The number of rotatable bonds is 2. The fourth-order valence-corrected chi connectivity index (χ4v) is 2.38. The lowest BCUT2D eigenvalue weighted by atomic mass is 10.0. The highest BCUT2D eigenvalue weighted by molar-refractivity contribution is 6.07. The van der Waals surface area contributed by atoms with Crippen LogP contribution >= 0.6 is 0 Å². The van der Waals surface area contributed by atoms with Gasteiger partial charge >= 0.3 is 0 Å². The lowest BCUT2D eigenvalue weighted by Crippen LogP contribution is -2.07. The summed E-state index contributed by atoms with van der Waals surface area (Å²) < 4.78 is 19.2. The maximum Gasteiger partial charge on any atom is 0.222 e. The Morgan fingerprint density at radius 1 is 1.00 bits per heavy atom. The minimum atomic E-state index is -0.285. The van der Waals surface area contributed by atoms with Crippen molar-refractivity contribution in [3.8, 4) is 5.88 Å². The number of hydrogen-bond donors (Lipinski definition) is 0. The lowest BCUT2D eigenvalue weighted by Gasteiger charge is -2.13. The predicted molar refractivity (Wildman–Crippen MR) is 79.7 cm³/mol. The van der Waals surface area contributed by atoms with Crippen molar-refractivity contribution in [3.63, 3.8) is 0 Å². The monoisotopic (exact) mass is 269 g/mol. The molecule has 2 aromatic carbocycles. The molecule has 3 heteroatoms. The molecule has 3 rings (SSSR count). The van der Waals surface area contributed by atoms with Crippen molar-refractivity contribution >= 4 is 21.7 Å². The summed E-state index contributed by atoms with van der Waals surface area (Å²) in [6.07, 6.45) is 0.0252. The highest BCUT2D eigenvalue weighted by Crippen LogP contribution is 2.32. The van der Waals surface area contributed by atoms with Crippen LogP contribution in [0.5, 0.6) is 5.88 Å². The first-order valence-corrected chi connectivity index (χ1v) is 6.71. The van der Waals surface area contributed by atoms with Crippen LogP contribution in [0, 0.1) is 12.7 Å². The number of nitrogens with zero attached hydrogens (tertiary/aromatic N) is 1. The largest absolute Gasteiger partial charge is 0.474 e. The summed E-state index contributed by atoms with van der Waals surface area (Å²) in [6, 6.07) is 10.8. The Balaban J connectivity index is 2.41. The van der Waals surface area contributed by atoms with E-state index in [1.165, 1.54) is 12.1 Å². The number of halogens is 1. The zero-order chi connectivity index (χ0) is 14.3. The normalized spacial score (nSPS) is 11.4. The third kappa shape index (κ3) is 2.20. The predicted octanol–water partition coefficient (Wildman–Crippen LogP) is 4.62. The van der Waals surface area contributed by atoms with Gasteiger partial charge < -0.3 is 4.74 Å². The number of ether oxygens (including phenoxy) is 1. The van der Waals surface area contributed by atoms with Crippen molar-refractivity contribution < 1.29 is 9.13 Å². The van der Waals surface area contributed by atoms with Crippen molar-refractivity contribution in [2.24, 2.45) is 0 Å². The molecule has 0 bridgehead atoms. The Morgan fingerprint density at radius 3 is 2.50 bits per heavy atom. The van der Waals surface area contributed by atoms with E-state index in [-0.39, 0.29) is 11.9 Å². The van der Waals surface area contributed by atoms with E-state index < -0.39 is 0 Å². The number of hydrogen-bond acceptors (Lipinski definition) is 2. The Bertz CT molecular complexity index is 796. The Morgan fingerprint density at radius 2 is 1.75 bits per heavy atom. The van der Waals surface area contributed by atoms with Gasteiger partial charge in [-0.1, -0.05) is 17.7 Å². The molecule has 0 saturated heterocycles. The molecule has 0 spiro atoms. The molecule has 0 aliphatic heterocycles. The molecule has 0 unspecified atom stereocenters. The summed E-state index contributed by atoms with van der Waals surface area (Å²) in [6.45, 7) is 5.95.